The molecule has 8 heteroatoms. The number of carbonyl (C=O) groups is 2. The quantitative estimate of drug-likeness (QED) is 0.415. The van der Waals surface area contributed by atoms with Crippen LogP contribution in [0.15, 0.2) is 59.1 Å². The lowest BCUT2D eigenvalue weighted by Gasteiger charge is -2.13. The largest absolute Gasteiger partial charge is 0.466 e. The van der Waals surface area contributed by atoms with E-state index in [0.717, 1.165) is 11.0 Å². The van der Waals surface area contributed by atoms with Gasteiger partial charge in [-0.2, -0.15) is 0 Å². The predicted molar refractivity (Wildman–Crippen MR) is 103 cm³/mol. The molecule has 0 heterocycles. The predicted octanol–water partition coefficient (Wildman–Crippen LogP) is 4.41. The molecule has 0 aliphatic heterocycles. The van der Waals surface area contributed by atoms with Crippen molar-refractivity contribution in [1.29, 1.82) is 0 Å². The summed E-state index contributed by atoms with van der Waals surface area (Å²) in [5.41, 5.74) is 0.942. The SMILES string of the molecule is COC(=O)/C=C(/Nc1ccccc1SCc1cccc(Cl)c1F)C(=O)OC. The van der Waals surface area contributed by atoms with Crippen molar-refractivity contribution in [1.82, 2.24) is 0 Å². The summed E-state index contributed by atoms with van der Waals surface area (Å²) >= 11 is 7.16. The summed E-state index contributed by atoms with van der Waals surface area (Å²) in [7, 11) is 2.41. The molecule has 0 aliphatic carbocycles. The number of thioether (sulfide) groups is 1. The third-order valence-corrected chi connectivity index (χ3v) is 4.85. The first kappa shape index (κ1) is 20.8. The molecule has 0 aromatic heterocycles. The molecule has 2 aromatic carbocycles. The fourth-order valence-electron chi connectivity index (χ4n) is 2.09. The van der Waals surface area contributed by atoms with Gasteiger partial charge in [-0.1, -0.05) is 35.9 Å². The number of para-hydroxylation sites is 1. The first-order chi connectivity index (χ1) is 13.0. The summed E-state index contributed by atoms with van der Waals surface area (Å²) in [6.45, 7) is 0. The molecule has 1 N–H and O–H groups in total. The number of anilines is 1. The molecule has 0 radical (unpaired) electrons. The van der Waals surface area contributed by atoms with Crippen LogP contribution < -0.4 is 5.32 Å². The molecule has 0 aliphatic rings. The zero-order valence-corrected chi connectivity index (χ0v) is 16.2. The van der Waals surface area contributed by atoms with Gasteiger partial charge in [-0.25, -0.2) is 14.0 Å². The number of rotatable bonds is 7. The van der Waals surface area contributed by atoms with Gasteiger partial charge in [0, 0.05) is 10.6 Å². The fourth-order valence-corrected chi connectivity index (χ4v) is 3.27. The molecule has 0 fully saturated rings. The van der Waals surface area contributed by atoms with Crippen molar-refractivity contribution in [3.8, 4) is 0 Å². The Morgan fingerprint density at radius 1 is 1.15 bits per heavy atom. The van der Waals surface area contributed by atoms with Crippen LogP contribution in [0.1, 0.15) is 5.56 Å². The highest BCUT2D eigenvalue weighted by atomic mass is 35.5. The highest BCUT2D eigenvalue weighted by Crippen LogP contribution is 2.32. The summed E-state index contributed by atoms with van der Waals surface area (Å²) in [6, 6.07) is 11.9. The van der Waals surface area contributed by atoms with Crippen molar-refractivity contribution in [3.63, 3.8) is 0 Å². The summed E-state index contributed by atoms with van der Waals surface area (Å²) < 4.78 is 23.3. The molecule has 5 nitrogen and oxygen atoms in total. The van der Waals surface area contributed by atoms with Crippen LogP contribution in [0.2, 0.25) is 5.02 Å². The first-order valence-corrected chi connectivity index (χ1v) is 9.12. The Hall–Kier alpha value is -2.51. The van der Waals surface area contributed by atoms with E-state index in [-0.39, 0.29) is 10.7 Å². The Bertz CT molecular complexity index is 873. The zero-order chi connectivity index (χ0) is 19.8. The third-order valence-electron chi connectivity index (χ3n) is 3.44. The van der Waals surface area contributed by atoms with Crippen molar-refractivity contribution in [3.05, 3.63) is 70.6 Å². The summed E-state index contributed by atoms with van der Waals surface area (Å²) in [6.07, 6.45) is 1.00. The topological polar surface area (TPSA) is 64.6 Å². The zero-order valence-electron chi connectivity index (χ0n) is 14.6. The van der Waals surface area contributed by atoms with Crippen molar-refractivity contribution in [2.75, 3.05) is 19.5 Å². The second-order valence-electron chi connectivity index (χ2n) is 5.20. The minimum atomic E-state index is -0.721. The maximum absolute atomic E-state index is 14.1. The van der Waals surface area contributed by atoms with Gasteiger partial charge in [0.1, 0.15) is 11.5 Å². The number of halogens is 2. The van der Waals surface area contributed by atoms with Crippen molar-refractivity contribution in [2.45, 2.75) is 10.6 Å². The highest BCUT2D eigenvalue weighted by molar-refractivity contribution is 7.98. The van der Waals surface area contributed by atoms with E-state index in [1.165, 1.54) is 32.0 Å². The van der Waals surface area contributed by atoms with Crippen LogP contribution in [0.5, 0.6) is 0 Å². The van der Waals surface area contributed by atoms with Crippen molar-refractivity contribution < 1.29 is 23.5 Å². The van der Waals surface area contributed by atoms with Crippen LogP contribution in [-0.4, -0.2) is 26.2 Å². The van der Waals surface area contributed by atoms with Gasteiger partial charge >= 0.3 is 11.9 Å². The molecule has 2 aromatic rings. The molecular weight excluding hydrogens is 393 g/mol. The van der Waals surface area contributed by atoms with Gasteiger partial charge in [-0.3, -0.25) is 0 Å². The molecule has 0 amide bonds. The number of benzene rings is 2. The number of carbonyl (C=O) groups excluding carboxylic acids is 2. The Morgan fingerprint density at radius 3 is 2.59 bits per heavy atom. The van der Waals surface area contributed by atoms with Gasteiger partial charge in [0.05, 0.1) is 31.0 Å². The maximum atomic E-state index is 14.1. The Balaban J connectivity index is 2.23. The van der Waals surface area contributed by atoms with Gasteiger partial charge in [-0.15, -0.1) is 11.8 Å². The Kier molecular flexibility index (Phi) is 7.69. The molecule has 0 saturated carbocycles. The maximum Gasteiger partial charge on any atom is 0.354 e. The van der Waals surface area contributed by atoms with Crippen molar-refractivity contribution >= 4 is 41.0 Å². The monoisotopic (exact) mass is 409 g/mol. The van der Waals surface area contributed by atoms with Crippen LogP contribution >= 0.6 is 23.4 Å². The van der Waals surface area contributed by atoms with E-state index in [1.54, 1.807) is 24.3 Å². The number of methoxy groups -OCH3 is 2. The van der Waals surface area contributed by atoms with Crippen LogP contribution in [-0.2, 0) is 24.8 Å². The molecule has 2 rings (SSSR count). The van der Waals surface area contributed by atoms with E-state index < -0.39 is 17.8 Å². The average Bonchev–Trinajstić information content (AvgIpc) is 2.68. The minimum absolute atomic E-state index is 0.0634. The number of ether oxygens (including phenoxy) is 2. The van der Waals surface area contributed by atoms with Crippen LogP contribution in [0.3, 0.4) is 0 Å². The van der Waals surface area contributed by atoms with Gasteiger partial charge in [0.15, 0.2) is 0 Å². The summed E-state index contributed by atoms with van der Waals surface area (Å²) in [4.78, 5) is 24.1. The van der Waals surface area contributed by atoms with E-state index in [1.807, 2.05) is 12.1 Å². The van der Waals surface area contributed by atoms with Crippen LogP contribution in [0, 0.1) is 5.82 Å². The van der Waals surface area contributed by atoms with Crippen molar-refractivity contribution in [2.24, 2.45) is 0 Å². The number of hydrogen-bond donors (Lipinski definition) is 1. The summed E-state index contributed by atoms with van der Waals surface area (Å²) in [5.74, 6) is -1.55. The normalized spacial score (nSPS) is 11.0. The van der Waals surface area contributed by atoms with E-state index >= 15 is 0 Å². The molecule has 27 heavy (non-hydrogen) atoms. The lowest BCUT2D eigenvalue weighted by molar-refractivity contribution is -0.138. The lowest BCUT2D eigenvalue weighted by Crippen LogP contribution is -2.15. The van der Waals surface area contributed by atoms with Gasteiger partial charge in [0.2, 0.25) is 0 Å². The van der Waals surface area contributed by atoms with Gasteiger partial charge in [-0.05, 0) is 23.8 Å². The molecule has 0 atom stereocenters. The third kappa shape index (κ3) is 5.74. The molecule has 142 valence electrons. The Labute approximate surface area is 165 Å². The number of hydrogen-bond acceptors (Lipinski definition) is 6. The van der Waals surface area contributed by atoms with E-state index in [4.69, 9.17) is 11.6 Å². The Morgan fingerprint density at radius 2 is 1.89 bits per heavy atom. The molecule has 0 saturated heterocycles. The van der Waals surface area contributed by atoms with E-state index in [9.17, 15) is 14.0 Å². The average molecular weight is 410 g/mol. The van der Waals surface area contributed by atoms with E-state index in [0.29, 0.717) is 17.0 Å². The minimum Gasteiger partial charge on any atom is -0.466 e. The number of nitrogens with one attached hydrogen (secondary N) is 1. The van der Waals surface area contributed by atoms with Crippen LogP contribution in [0.25, 0.3) is 0 Å². The highest BCUT2D eigenvalue weighted by Gasteiger charge is 2.15. The fraction of sp³-hybridized carbons (Fsp3) is 0.158. The standard InChI is InChI=1S/C19H17ClFNO4S/c1-25-17(23)10-15(19(24)26-2)22-14-8-3-4-9-16(14)27-11-12-6-5-7-13(20)18(12)21/h3-10,22H,11H2,1-2H3/b15-10+. The lowest BCUT2D eigenvalue weighted by atomic mass is 10.2. The van der Waals surface area contributed by atoms with Crippen LogP contribution in [0.4, 0.5) is 10.1 Å². The summed E-state index contributed by atoms with van der Waals surface area (Å²) in [5, 5.41) is 2.93. The van der Waals surface area contributed by atoms with E-state index in [2.05, 4.69) is 14.8 Å². The molecular formula is C19H17ClFNO4S. The van der Waals surface area contributed by atoms with Gasteiger partial charge < -0.3 is 14.8 Å². The second kappa shape index (κ2) is 9.99. The molecule has 0 spiro atoms. The number of esters is 2. The van der Waals surface area contributed by atoms with Gasteiger partial charge in [0.25, 0.3) is 0 Å². The molecule has 0 unspecified atom stereocenters. The molecule has 0 bridgehead atoms. The smallest absolute Gasteiger partial charge is 0.354 e. The first-order valence-electron chi connectivity index (χ1n) is 7.76. The second-order valence-corrected chi connectivity index (χ2v) is 6.62.